The molecule has 0 amide bonds. The van der Waals surface area contributed by atoms with Crippen LogP contribution in [0.1, 0.15) is 39.3 Å². The fraction of sp³-hybridized carbons (Fsp3) is 0.800. The molecule has 0 spiro atoms. The van der Waals surface area contributed by atoms with Crippen molar-refractivity contribution in [1.82, 2.24) is 10.3 Å². The van der Waals surface area contributed by atoms with Gasteiger partial charge in [-0.2, -0.15) is 4.98 Å². The van der Waals surface area contributed by atoms with Crippen molar-refractivity contribution in [3.05, 3.63) is 12.0 Å². The molecule has 0 aromatic carbocycles. The van der Waals surface area contributed by atoms with Crippen molar-refractivity contribution in [1.29, 1.82) is 0 Å². The van der Waals surface area contributed by atoms with Gasteiger partial charge < -0.3 is 19.4 Å². The number of hydrogen-bond acceptors (Lipinski definition) is 5. The maximum Gasteiger partial charge on any atom is 0.297 e. The summed E-state index contributed by atoms with van der Waals surface area (Å²) in [4.78, 5) is 6.77. The summed E-state index contributed by atoms with van der Waals surface area (Å²) in [5.74, 6) is 0.652. The Bertz CT molecular complexity index is 384. The van der Waals surface area contributed by atoms with Crippen LogP contribution in [0.4, 0.5) is 6.01 Å². The van der Waals surface area contributed by atoms with E-state index in [0.29, 0.717) is 12.0 Å². The van der Waals surface area contributed by atoms with Gasteiger partial charge in [-0.15, -0.1) is 0 Å². The van der Waals surface area contributed by atoms with Gasteiger partial charge >= 0.3 is 0 Å². The quantitative estimate of drug-likeness (QED) is 0.832. The fourth-order valence-electron chi connectivity index (χ4n) is 2.46. The fourth-order valence-corrected chi connectivity index (χ4v) is 2.46. The molecule has 1 saturated heterocycles. The first-order valence-electron chi connectivity index (χ1n) is 7.70. The average Bonchev–Trinajstić information content (AvgIpc) is 2.88. The molecule has 114 valence electrons. The zero-order valence-corrected chi connectivity index (χ0v) is 12.9. The molecule has 0 unspecified atom stereocenters. The molecular weight excluding hydrogens is 254 g/mol. The number of oxazole rings is 1. The Morgan fingerprint density at radius 3 is 2.85 bits per heavy atom. The summed E-state index contributed by atoms with van der Waals surface area (Å²) in [6, 6.07) is 0.751. The molecule has 20 heavy (non-hydrogen) atoms. The summed E-state index contributed by atoms with van der Waals surface area (Å²) in [6.45, 7) is 11.0. The largest absolute Gasteiger partial charge is 0.432 e. The summed E-state index contributed by atoms with van der Waals surface area (Å²) < 4.78 is 11.3. The highest BCUT2D eigenvalue weighted by Gasteiger charge is 2.22. The van der Waals surface area contributed by atoms with Gasteiger partial charge in [0.25, 0.3) is 6.01 Å². The van der Waals surface area contributed by atoms with Crippen LogP contribution in [-0.2, 0) is 11.3 Å². The molecule has 0 saturated carbocycles. The van der Waals surface area contributed by atoms with E-state index in [1.165, 1.54) is 0 Å². The molecule has 5 nitrogen and oxygen atoms in total. The molecule has 1 aromatic heterocycles. The predicted octanol–water partition coefficient (Wildman–Crippen LogP) is 2.43. The van der Waals surface area contributed by atoms with Crippen molar-refractivity contribution < 1.29 is 9.15 Å². The van der Waals surface area contributed by atoms with Crippen LogP contribution in [0.15, 0.2) is 10.7 Å². The standard InChI is InChI=1S/C15H27N3O2/c1-4-19-14-5-7-18(8-6-14)15-17-13(11-20-15)10-16-9-12(2)3/h11-12,14,16H,4-10H2,1-3H3. The Labute approximate surface area is 121 Å². The van der Waals surface area contributed by atoms with Gasteiger partial charge in [-0.05, 0) is 32.2 Å². The lowest BCUT2D eigenvalue weighted by Gasteiger charge is -2.30. The molecular formula is C15H27N3O2. The Balaban J connectivity index is 1.78. The van der Waals surface area contributed by atoms with Crippen LogP contribution in [0.5, 0.6) is 0 Å². The summed E-state index contributed by atoms with van der Waals surface area (Å²) in [7, 11) is 0. The molecule has 0 atom stereocenters. The van der Waals surface area contributed by atoms with E-state index >= 15 is 0 Å². The third-order valence-electron chi connectivity index (χ3n) is 3.51. The number of ether oxygens (including phenoxy) is 1. The Kier molecular flexibility index (Phi) is 5.86. The van der Waals surface area contributed by atoms with Gasteiger partial charge in [0.15, 0.2) is 0 Å². The zero-order chi connectivity index (χ0) is 14.4. The van der Waals surface area contributed by atoms with E-state index in [0.717, 1.165) is 57.3 Å². The van der Waals surface area contributed by atoms with E-state index < -0.39 is 0 Å². The van der Waals surface area contributed by atoms with Crippen LogP contribution < -0.4 is 10.2 Å². The lowest BCUT2D eigenvalue weighted by Crippen LogP contribution is -2.37. The first-order valence-corrected chi connectivity index (χ1v) is 7.70. The third kappa shape index (κ3) is 4.49. The first-order chi connectivity index (χ1) is 9.69. The summed E-state index contributed by atoms with van der Waals surface area (Å²) in [5.41, 5.74) is 0.979. The van der Waals surface area contributed by atoms with E-state index in [1.54, 1.807) is 6.26 Å². The Morgan fingerprint density at radius 1 is 1.45 bits per heavy atom. The van der Waals surface area contributed by atoms with E-state index in [9.17, 15) is 0 Å². The highest BCUT2D eigenvalue weighted by Crippen LogP contribution is 2.20. The number of piperidine rings is 1. The van der Waals surface area contributed by atoms with Gasteiger partial charge in [0, 0.05) is 26.2 Å². The first kappa shape index (κ1) is 15.3. The predicted molar refractivity (Wildman–Crippen MR) is 79.9 cm³/mol. The molecule has 0 aliphatic carbocycles. The monoisotopic (exact) mass is 281 g/mol. The van der Waals surface area contributed by atoms with Gasteiger partial charge in [0.2, 0.25) is 0 Å². The van der Waals surface area contributed by atoms with E-state index in [4.69, 9.17) is 9.15 Å². The van der Waals surface area contributed by atoms with Crippen molar-refractivity contribution in [2.24, 2.45) is 5.92 Å². The number of nitrogens with one attached hydrogen (secondary N) is 1. The van der Waals surface area contributed by atoms with E-state index in [1.807, 2.05) is 0 Å². The Hall–Kier alpha value is -1.07. The van der Waals surface area contributed by atoms with Crippen LogP contribution >= 0.6 is 0 Å². The zero-order valence-electron chi connectivity index (χ0n) is 12.9. The topological polar surface area (TPSA) is 50.5 Å². The van der Waals surface area contributed by atoms with Crippen LogP contribution in [0.3, 0.4) is 0 Å². The van der Waals surface area contributed by atoms with Gasteiger partial charge in [0.05, 0.1) is 11.8 Å². The van der Waals surface area contributed by atoms with Crippen LogP contribution in [0.2, 0.25) is 0 Å². The summed E-state index contributed by atoms with van der Waals surface area (Å²) >= 11 is 0. The minimum absolute atomic E-state index is 0.401. The van der Waals surface area contributed by atoms with Crippen LogP contribution in [0, 0.1) is 5.92 Å². The second kappa shape index (κ2) is 7.64. The van der Waals surface area contributed by atoms with Crippen molar-refractivity contribution in [3.8, 4) is 0 Å². The van der Waals surface area contributed by atoms with Crippen molar-refractivity contribution in [3.63, 3.8) is 0 Å². The van der Waals surface area contributed by atoms with Gasteiger partial charge in [-0.1, -0.05) is 13.8 Å². The van der Waals surface area contributed by atoms with Gasteiger partial charge in [-0.25, -0.2) is 0 Å². The van der Waals surface area contributed by atoms with Gasteiger partial charge in [-0.3, -0.25) is 0 Å². The van der Waals surface area contributed by atoms with Crippen LogP contribution in [0.25, 0.3) is 0 Å². The molecule has 0 radical (unpaired) electrons. The highest BCUT2D eigenvalue weighted by atomic mass is 16.5. The molecule has 2 rings (SSSR count). The second-order valence-corrected chi connectivity index (χ2v) is 5.79. The number of rotatable bonds is 7. The second-order valence-electron chi connectivity index (χ2n) is 5.79. The average molecular weight is 281 g/mol. The molecule has 1 fully saturated rings. The Morgan fingerprint density at radius 2 is 2.20 bits per heavy atom. The lowest BCUT2D eigenvalue weighted by atomic mass is 10.1. The molecule has 1 aliphatic heterocycles. The summed E-state index contributed by atoms with van der Waals surface area (Å²) in [6.07, 6.45) is 4.27. The number of anilines is 1. The molecule has 1 aliphatic rings. The molecule has 1 N–H and O–H groups in total. The molecule has 0 bridgehead atoms. The molecule has 2 heterocycles. The smallest absolute Gasteiger partial charge is 0.297 e. The number of aromatic nitrogens is 1. The maximum atomic E-state index is 5.66. The van der Waals surface area contributed by atoms with E-state index in [2.05, 4.69) is 36.0 Å². The van der Waals surface area contributed by atoms with Crippen LogP contribution in [-0.4, -0.2) is 37.3 Å². The highest BCUT2D eigenvalue weighted by molar-refractivity contribution is 5.27. The summed E-state index contributed by atoms with van der Waals surface area (Å²) in [5, 5.41) is 3.38. The van der Waals surface area contributed by atoms with Crippen molar-refractivity contribution >= 4 is 6.01 Å². The van der Waals surface area contributed by atoms with Crippen molar-refractivity contribution in [2.45, 2.75) is 46.3 Å². The minimum Gasteiger partial charge on any atom is -0.432 e. The number of nitrogens with zero attached hydrogens (tertiary/aromatic N) is 2. The SMILES string of the molecule is CCOC1CCN(c2nc(CNCC(C)C)co2)CC1. The molecule has 1 aromatic rings. The molecule has 5 heteroatoms. The van der Waals surface area contributed by atoms with Gasteiger partial charge in [0.1, 0.15) is 6.26 Å². The third-order valence-corrected chi connectivity index (χ3v) is 3.51. The number of hydrogen-bond donors (Lipinski definition) is 1. The van der Waals surface area contributed by atoms with E-state index in [-0.39, 0.29) is 0 Å². The normalized spacial score (nSPS) is 17.1. The lowest BCUT2D eigenvalue weighted by molar-refractivity contribution is 0.0453. The minimum atomic E-state index is 0.401. The van der Waals surface area contributed by atoms with Crippen molar-refractivity contribution in [2.75, 3.05) is 31.1 Å². The maximum absolute atomic E-state index is 5.66.